The second-order valence-electron chi connectivity index (χ2n) is 3.84. The van der Waals surface area contributed by atoms with E-state index in [9.17, 15) is 4.79 Å². The zero-order valence-electron chi connectivity index (χ0n) is 9.50. The van der Waals surface area contributed by atoms with Gasteiger partial charge >= 0.3 is 0 Å². The van der Waals surface area contributed by atoms with Crippen LogP contribution in [0.5, 0.6) is 5.75 Å². The van der Waals surface area contributed by atoms with Crippen molar-refractivity contribution in [3.63, 3.8) is 0 Å². The maximum absolute atomic E-state index is 12.4. The number of nitrogen functional groups attached to an aromatic ring is 1. The van der Waals surface area contributed by atoms with Gasteiger partial charge in [0, 0.05) is 0 Å². The molecule has 0 saturated carbocycles. The molecule has 1 amide bonds. The molecule has 0 unspecified atom stereocenters. The van der Waals surface area contributed by atoms with Gasteiger partial charge in [-0.2, -0.15) is 0 Å². The van der Waals surface area contributed by atoms with Crippen molar-refractivity contribution in [3.05, 3.63) is 35.5 Å². The van der Waals surface area contributed by atoms with E-state index in [1.165, 1.54) is 11.3 Å². The third-order valence-corrected chi connectivity index (χ3v) is 3.43. The number of nitrogens with two attached hydrogens (primary N) is 1. The molecule has 1 aliphatic rings. The maximum atomic E-state index is 12.4. The van der Waals surface area contributed by atoms with Crippen LogP contribution in [-0.4, -0.2) is 24.0 Å². The van der Waals surface area contributed by atoms with Crippen molar-refractivity contribution in [2.75, 3.05) is 23.8 Å². The average Bonchev–Trinajstić information content (AvgIpc) is 2.83. The molecule has 5 nitrogen and oxygen atoms in total. The van der Waals surface area contributed by atoms with Crippen molar-refractivity contribution >= 4 is 27.9 Å². The molecule has 18 heavy (non-hydrogen) atoms. The van der Waals surface area contributed by atoms with Crippen LogP contribution in [0.3, 0.4) is 0 Å². The molecule has 2 aromatic rings. The van der Waals surface area contributed by atoms with Crippen molar-refractivity contribution in [2.24, 2.45) is 0 Å². The molecule has 6 heteroatoms. The maximum Gasteiger partial charge on any atom is 0.280 e. The minimum absolute atomic E-state index is 0.176. The van der Waals surface area contributed by atoms with Gasteiger partial charge in [0.05, 0.1) is 17.7 Å². The van der Waals surface area contributed by atoms with Crippen molar-refractivity contribution < 1.29 is 9.53 Å². The van der Waals surface area contributed by atoms with Crippen LogP contribution in [0.15, 0.2) is 29.8 Å². The molecule has 0 saturated heterocycles. The van der Waals surface area contributed by atoms with Crippen LogP contribution in [0.25, 0.3) is 0 Å². The summed E-state index contributed by atoms with van der Waals surface area (Å²) in [5, 5.41) is 0.448. The van der Waals surface area contributed by atoms with E-state index in [-0.39, 0.29) is 5.91 Å². The number of carbonyl (C=O) groups excluding carboxylic acids is 1. The number of anilines is 2. The normalized spacial score (nSPS) is 13.9. The Kier molecular flexibility index (Phi) is 2.64. The van der Waals surface area contributed by atoms with Gasteiger partial charge in [-0.25, -0.2) is 4.98 Å². The first kappa shape index (κ1) is 11.0. The average molecular weight is 261 g/mol. The number of hydrogen-bond acceptors (Lipinski definition) is 5. The number of aromatic nitrogens is 1. The van der Waals surface area contributed by atoms with E-state index >= 15 is 0 Å². The molecular formula is C12H11N3O2S. The van der Waals surface area contributed by atoms with E-state index in [4.69, 9.17) is 10.5 Å². The van der Waals surface area contributed by atoms with E-state index in [2.05, 4.69) is 4.98 Å². The molecule has 0 fully saturated rings. The molecule has 2 heterocycles. The monoisotopic (exact) mass is 261 g/mol. The molecular weight excluding hydrogens is 250 g/mol. The molecule has 0 spiro atoms. The number of fused-ring (bicyclic) bond motifs is 1. The number of benzene rings is 1. The Bertz CT molecular complexity index is 597. The van der Waals surface area contributed by atoms with Crippen LogP contribution < -0.4 is 15.4 Å². The lowest BCUT2D eigenvalue weighted by Gasteiger charge is -2.28. The van der Waals surface area contributed by atoms with Crippen molar-refractivity contribution in [1.29, 1.82) is 0 Å². The second kappa shape index (κ2) is 4.30. The number of rotatable bonds is 1. The number of thiazole rings is 1. The molecule has 1 aromatic heterocycles. The molecule has 1 aromatic carbocycles. The Morgan fingerprint density at radius 2 is 2.28 bits per heavy atom. The lowest BCUT2D eigenvalue weighted by Crippen LogP contribution is -2.38. The molecule has 0 bridgehead atoms. The van der Waals surface area contributed by atoms with E-state index in [1.54, 1.807) is 10.4 Å². The fourth-order valence-electron chi connectivity index (χ4n) is 1.92. The minimum atomic E-state index is -0.176. The van der Waals surface area contributed by atoms with Gasteiger partial charge in [0.1, 0.15) is 17.4 Å². The zero-order chi connectivity index (χ0) is 12.5. The number of nitrogens with zero attached hydrogens (tertiary/aromatic N) is 2. The van der Waals surface area contributed by atoms with Crippen LogP contribution in [-0.2, 0) is 0 Å². The summed E-state index contributed by atoms with van der Waals surface area (Å²) < 4.78 is 5.51. The van der Waals surface area contributed by atoms with Crippen LogP contribution in [0.1, 0.15) is 10.5 Å². The molecule has 92 valence electrons. The molecule has 2 N–H and O–H groups in total. The Hall–Kier alpha value is -2.08. The summed E-state index contributed by atoms with van der Waals surface area (Å²) in [7, 11) is 0. The van der Waals surface area contributed by atoms with Gasteiger partial charge in [0.15, 0.2) is 5.69 Å². The summed E-state index contributed by atoms with van der Waals surface area (Å²) in [4.78, 5) is 18.1. The van der Waals surface area contributed by atoms with Gasteiger partial charge in [-0.3, -0.25) is 4.79 Å². The molecule has 0 radical (unpaired) electrons. The SMILES string of the molecule is Nc1scnc1C(=O)N1CCOc2ccccc21. The van der Waals surface area contributed by atoms with Crippen molar-refractivity contribution in [3.8, 4) is 5.75 Å². The largest absolute Gasteiger partial charge is 0.490 e. The minimum Gasteiger partial charge on any atom is -0.490 e. The highest BCUT2D eigenvalue weighted by atomic mass is 32.1. The summed E-state index contributed by atoms with van der Waals surface area (Å²) in [5.74, 6) is 0.537. The Morgan fingerprint density at radius 1 is 1.44 bits per heavy atom. The van der Waals surface area contributed by atoms with E-state index in [1.807, 2.05) is 24.3 Å². The number of amides is 1. The third kappa shape index (κ3) is 1.70. The van der Waals surface area contributed by atoms with Gasteiger partial charge in [-0.1, -0.05) is 12.1 Å². The summed E-state index contributed by atoms with van der Waals surface area (Å²) in [6, 6.07) is 7.45. The highest BCUT2D eigenvalue weighted by molar-refractivity contribution is 7.14. The lowest BCUT2D eigenvalue weighted by atomic mass is 10.2. The zero-order valence-corrected chi connectivity index (χ0v) is 10.3. The van der Waals surface area contributed by atoms with Gasteiger partial charge in [-0.05, 0) is 12.1 Å². The summed E-state index contributed by atoms with van der Waals surface area (Å²) >= 11 is 1.27. The standard InChI is InChI=1S/C12H11N3O2S/c13-11-10(14-7-18-11)12(16)15-5-6-17-9-4-2-1-3-8(9)15/h1-4,7H,5-6,13H2. The summed E-state index contributed by atoms with van der Waals surface area (Å²) in [5.41, 5.74) is 8.41. The third-order valence-electron chi connectivity index (χ3n) is 2.77. The molecule has 3 rings (SSSR count). The molecule has 0 atom stereocenters. The van der Waals surface area contributed by atoms with Crippen LogP contribution in [0.2, 0.25) is 0 Å². The van der Waals surface area contributed by atoms with E-state index in [0.29, 0.717) is 29.6 Å². The number of carbonyl (C=O) groups is 1. The summed E-state index contributed by atoms with van der Waals surface area (Å²) in [6.45, 7) is 0.986. The van der Waals surface area contributed by atoms with E-state index < -0.39 is 0 Å². The number of hydrogen-bond donors (Lipinski definition) is 1. The first-order valence-corrected chi connectivity index (χ1v) is 6.38. The van der Waals surface area contributed by atoms with Crippen LogP contribution in [0.4, 0.5) is 10.7 Å². The number of para-hydroxylation sites is 2. The molecule has 1 aliphatic heterocycles. The quantitative estimate of drug-likeness (QED) is 0.849. The Labute approximate surface area is 108 Å². The topological polar surface area (TPSA) is 68.5 Å². The highest BCUT2D eigenvalue weighted by Gasteiger charge is 2.26. The predicted octanol–water partition coefficient (Wildman–Crippen LogP) is 1.76. The van der Waals surface area contributed by atoms with Gasteiger partial charge in [0.25, 0.3) is 5.91 Å². The summed E-state index contributed by atoms with van der Waals surface area (Å²) in [6.07, 6.45) is 0. The second-order valence-corrected chi connectivity index (χ2v) is 4.72. The number of ether oxygens (including phenoxy) is 1. The fourth-order valence-corrected chi connectivity index (χ4v) is 2.45. The lowest BCUT2D eigenvalue weighted by molar-refractivity contribution is 0.0973. The smallest absolute Gasteiger partial charge is 0.280 e. The Morgan fingerprint density at radius 3 is 3.06 bits per heavy atom. The fraction of sp³-hybridized carbons (Fsp3) is 0.167. The molecule has 0 aliphatic carbocycles. The first-order chi connectivity index (χ1) is 8.77. The van der Waals surface area contributed by atoms with Crippen molar-refractivity contribution in [2.45, 2.75) is 0 Å². The Balaban J connectivity index is 2.00. The van der Waals surface area contributed by atoms with Gasteiger partial charge < -0.3 is 15.4 Å². The first-order valence-electron chi connectivity index (χ1n) is 5.50. The predicted molar refractivity (Wildman–Crippen MR) is 70.1 cm³/mol. The van der Waals surface area contributed by atoms with Crippen LogP contribution in [0, 0.1) is 0 Å². The van der Waals surface area contributed by atoms with Gasteiger partial charge in [0.2, 0.25) is 0 Å². The van der Waals surface area contributed by atoms with E-state index in [0.717, 1.165) is 5.69 Å². The van der Waals surface area contributed by atoms with Gasteiger partial charge in [-0.15, -0.1) is 11.3 Å². The highest BCUT2D eigenvalue weighted by Crippen LogP contribution is 2.32. The van der Waals surface area contributed by atoms with Crippen LogP contribution >= 0.6 is 11.3 Å². The van der Waals surface area contributed by atoms with Crippen molar-refractivity contribution in [1.82, 2.24) is 4.98 Å².